The van der Waals surface area contributed by atoms with Gasteiger partial charge in [0.1, 0.15) is 48.8 Å². The van der Waals surface area contributed by atoms with Gasteiger partial charge in [-0.05, 0) is 12.1 Å². The molecule has 0 aliphatic carbocycles. The molecule has 32 heavy (non-hydrogen) atoms. The van der Waals surface area contributed by atoms with Crippen molar-refractivity contribution in [1.29, 1.82) is 0 Å². The van der Waals surface area contributed by atoms with Crippen LogP contribution in [0.1, 0.15) is 10.4 Å². The number of hydrogen-bond acceptors (Lipinski definition) is 12. The average Bonchev–Trinajstić information content (AvgIpc) is 2.78. The SMILES string of the molecule is O=C(O)c1ccccc1N[C@H]1O[C@@H](CO)[C@H](O[C@H]2O[C@@H](CO)[C@@H](O)[C@@H](O)[C@H]2O)[C@@H](O)[C@@H]1O. The van der Waals surface area contributed by atoms with Gasteiger partial charge in [-0.2, -0.15) is 0 Å². The smallest absolute Gasteiger partial charge is 0.337 e. The Bertz CT molecular complexity index is 776. The van der Waals surface area contributed by atoms with Crippen LogP contribution in [0.3, 0.4) is 0 Å². The number of anilines is 1. The van der Waals surface area contributed by atoms with Crippen LogP contribution in [0, 0.1) is 0 Å². The number of carboxylic acid groups (broad SMARTS) is 1. The van der Waals surface area contributed by atoms with Gasteiger partial charge in [0, 0.05) is 0 Å². The highest BCUT2D eigenvalue weighted by Crippen LogP contribution is 2.30. The van der Waals surface area contributed by atoms with Gasteiger partial charge < -0.3 is 60.4 Å². The molecule has 0 bridgehead atoms. The van der Waals surface area contributed by atoms with Gasteiger partial charge in [-0.25, -0.2) is 4.79 Å². The number of nitrogens with one attached hydrogen (secondary N) is 1. The number of carbonyl (C=O) groups is 1. The van der Waals surface area contributed by atoms with Gasteiger partial charge in [0.25, 0.3) is 0 Å². The van der Waals surface area contributed by atoms with Crippen molar-refractivity contribution < 1.29 is 59.9 Å². The molecule has 180 valence electrons. The maximum Gasteiger partial charge on any atom is 0.337 e. The van der Waals surface area contributed by atoms with Crippen molar-refractivity contribution in [3.8, 4) is 0 Å². The number of rotatable bonds is 7. The molecule has 1 aromatic carbocycles. The summed E-state index contributed by atoms with van der Waals surface area (Å²) in [5.74, 6) is -1.23. The van der Waals surface area contributed by atoms with Crippen LogP contribution in [-0.2, 0) is 14.2 Å². The van der Waals surface area contributed by atoms with Gasteiger partial charge in [-0.1, -0.05) is 12.1 Å². The second-order valence-electron chi connectivity index (χ2n) is 7.55. The van der Waals surface area contributed by atoms with E-state index in [0.29, 0.717) is 0 Å². The first-order chi connectivity index (χ1) is 15.2. The number of ether oxygens (including phenoxy) is 3. The van der Waals surface area contributed by atoms with E-state index in [4.69, 9.17) is 14.2 Å². The van der Waals surface area contributed by atoms with Crippen molar-refractivity contribution in [2.45, 2.75) is 61.3 Å². The molecule has 2 saturated heterocycles. The van der Waals surface area contributed by atoms with E-state index in [1.165, 1.54) is 18.2 Å². The predicted molar refractivity (Wildman–Crippen MR) is 103 cm³/mol. The van der Waals surface area contributed by atoms with E-state index in [1.807, 2.05) is 0 Å². The summed E-state index contributed by atoms with van der Waals surface area (Å²) in [7, 11) is 0. The van der Waals surface area contributed by atoms with Crippen LogP contribution in [0.15, 0.2) is 24.3 Å². The van der Waals surface area contributed by atoms with E-state index in [1.54, 1.807) is 6.07 Å². The molecule has 0 saturated carbocycles. The van der Waals surface area contributed by atoms with E-state index in [-0.39, 0.29) is 11.3 Å². The molecule has 0 radical (unpaired) electrons. The zero-order chi connectivity index (χ0) is 23.6. The Morgan fingerprint density at radius 3 is 2.16 bits per heavy atom. The first kappa shape index (κ1) is 24.7. The monoisotopic (exact) mass is 461 g/mol. The lowest BCUT2D eigenvalue weighted by atomic mass is 9.96. The van der Waals surface area contributed by atoms with Gasteiger partial charge in [0.2, 0.25) is 0 Å². The molecule has 2 fully saturated rings. The third-order valence-corrected chi connectivity index (χ3v) is 5.46. The minimum Gasteiger partial charge on any atom is -0.478 e. The topological polar surface area (TPSA) is 219 Å². The van der Waals surface area contributed by atoms with E-state index < -0.39 is 80.5 Å². The predicted octanol–water partition coefficient (Wildman–Crippen LogP) is -3.58. The normalized spacial score (nSPS) is 40.1. The molecule has 13 nitrogen and oxygen atoms in total. The molecular weight excluding hydrogens is 434 g/mol. The average molecular weight is 461 g/mol. The molecule has 2 aliphatic heterocycles. The number of aromatic carboxylic acids is 1. The molecule has 1 aromatic rings. The Kier molecular flexibility index (Phi) is 8.00. The van der Waals surface area contributed by atoms with Crippen LogP contribution >= 0.6 is 0 Å². The molecule has 2 heterocycles. The maximum atomic E-state index is 11.4. The van der Waals surface area contributed by atoms with Crippen molar-refractivity contribution in [3.63, 3.8) is 0 Å². The lowest BCUT2D eigenvalue weighted by Gasteiger charge is -2.46. The second-order valence-corrected chi connectivity index (χ2v) is 7.55. The summed E-state index contributed by atoms with van der Waals surface area (Å²) < 4.78 is 16.3. The van der Waals surface area contributed by atoms with Gasteiger partial charge in [0.05, 0.1) is 24.5 Å². The number of aliphatic hydroxyl groups is 7. The lowest BCUT2D eigenvalue weighted by Crippen LogP contribution is -2.65. The van der Waals surface area contributed by atoms with Gasteiger partial charge in [-0.3, -0.25) is 0 Å². The summed E-state index contributed by atoms with van der Waals surface area (Å²) in [4.78, 5) is 11.4. The van der Waals surface area contributed by atoms with E-state index >= 15 is 0 Å². The van der Waals surface area contributed by atoms with Crippen LogP contribution < -0.4 is 5.32 Å². The third-order valence-electron chi connectivity index (χ3n) is 5.46. The largest absolute Gasteiger partial charge is 0.478 e. The zero-order valence-electron chi connectivity index (χ0n) is 16.7. The van der Waals surface area contributed by atoms with Crippen molar-refractivity contribution in [2.75, 3.05) is 18.5 Å². The molecule has 0 aromatic heterocycles. The summed E-state index contributed by atoms with van der Waals surface area (Å²) in [6.45, 7) is -1.40. The highest BCUT2D eigenvalue weighted by atomic mass is 16.7. The first-order valence-corrected chi connectivity index (χ1v) is 9.86. The summed E-state index contributed by atoms with van der Waals surface area (Å²) in [6.07, 6.45) is -15.5. The first-order valence-electron chi connectivity index (χ1n) is 9.86. The van der Waals surface area contributed by atoms with E-state index in [2.05, 4.69) is 5.32 Å². The minimum absolute atomic E-state index is 0.0984. The van der Waals surface area contributed by atoms with Crippen LogP contribution in [0.4, 0.5) is 5.69 Å². The van der Waals surface area contributed by atoms with Crippen molar-refractivity contribution in [2.24, 2.45) is 0 Å². The van der Waals surface area contributed by atoms with Crippen molar-refractivity contribution in [1.82, 2.24) is 0 Å². The molecular formula is C19H27NO12. The standard InChI is InChI=1S/C19H27NO12/c21-5-9-11(23)12(24)15(27)19(31-9)32-16-10(6-22)30-17(14(26)13(16)25)20-8-4-2-1-3-7(8)18(28)29/h1-4,9-17,19-27H,5-6H2,(H,28,29)/t9-,10-,11+,12+,13-,14-,15+,16-,17-,19+/m0/s1. The fourth-order valence-electron chi connectivity index (χ4n) is 3.66. The van der Waals surface area contributed by atoms with Crippen LogP contribution in [0.5, 0.6) is 0 Å². The fraction of sp³-hybridized carbons (Fsp3) is 0.632. The molecule has 10 atom stereocenters. The quantitative estimate of drug-likeness (QED) is 0.192. The summed E-state index contributed by atoms with van der Waals surface area (Å²) in [5.41, 5.74) is -0.0146. The summed E-state index contributed by atoms with van der Waals surface area (Å²) in [6, 6.07) is 5.80. The Morgan fingerprint density at radius 1 is 0.875 bits per heavy atom. The number of aliphatic hydroxyl groups excluding tert-OH is 7. The molecule has 0 amide bonds. The van der Waals surface area contributed by atoms with Gasteiger partial charge in [0.15, 0.2) is 12.5 Å². The fourth-order valence-corrected chi connectivity index (χ4v) is 3.66. The molecule has 13 heteroatoms. The number of para-hydroxylation sites is 1. The summed E-state index contributed by atoms with van der Waals surface area (Å²) in [5, 5.41) is 82.0. The van der Waals surface area contributed by atoms with Crippen LogP contribution in [0.2, 0.25) is 0 Å². The Morgan fingerprint density at radius 2 is 1.53 bits per heavy atom. The number of hydrogen-bond donors (Lipinski definition) is 9. The van der Waals surface area contributed by atoms with Crippen molar-refractivity contribution >= 4 is 11.7 Å². The molecule has 9 N–H and O–H groups in total. The molecule has 0 spiro atoms. The highest BCUT2D eigenvalue weighted by Gasteiger charge is 2.50. The molecule has 3 rings (SSSR count). The Labute approximate surface area is 182 Å². The minimum atomic E-state index is -1.77. The Hall–Kier alpha value is -1.91. The van der Waals surface area contributed by atoms with Gasteiger partial charge >= 0.3 is 5.97 Å². The van der Waals surface area contributed by atoms with E-state index in [9.17, 15) is 45.6 Å². The number of benzene rings is 1. The van der Waals surface area contributed by atoms with Crippen LogP contribution in [0.25, 0.3) is 0 Å². The van der Waals surface area contributed by atoms with Crippen LogP contribution in [-0.4, -0.2) is 121 Å². The van der Waals surface area contributed by atoms with Crippen molar-refractivity contribution in [3.05, 3.63) is 29.8 Å². The number of carboxylic acids is 1. The summed E-state index contributed by atoms with van der Waals surface area (Å²) >= 11 is 0. The van der Waals surface area contributed by atoms with E-state index in [0.717, 1.165) is 0 Å². The third kappa shape index (κ3) is 4.87. The second kappa shape index (κ2) is 10.4. The van der Waals surface area contributed by atoms with Gasteiger partial charge in [-0.15, -0.1) is 0 Å². The molecule has 2 aliphatic rings. The Balaban J connectivity index is 1.75. The lowest BCUT2D eigenvalue weighted by molar-refractivity contribution is -0.340. The maximum absolute atomic E-state index is 11.4. The molecule has 0 unspecified atom stereocenters. The zero-order valence-corrected chi connectivity index (χ0v) is 16.7. The highest BCUT2D eigenvalue weighted by molar-refractivity contribution is 5.94.